The minimum absolute atomic E-state index is 0.148. The van der Waals surface area contributed by atoms with Crippen molar-refractivity contribution < 1.29 is 4.74 Å². The summed E-state index contributed by atoms with van der Waals surface area (Å²) in [6, 6.07) is 0. The summed E-state index contributed by atoms with van der Waals surface area (Å²) in [5, 5.41) is 0. The molecule has 0 aromatic rings. The third-order valence-electron chi connectivity index (χ3n) is 1.77. The van der Waals surface area contributed by atoms with Crippen LogP contribution in [0.2, 0.25) is 0 Å². The first-order chi connectivity index (χ1) is 5.64. The Morgan fingerprint density at radius 1 is 1.50 bits per heavy atom. The van der Waals surface area contributed by atoms with Crippen molar-refractivity contribution in [1.29, 1.82) is 0 Å². The fourth-order valence-corrected chi connectivity index (χ4v) is 1.04. The van der Waals surface area contributed by atoms with Gasteiger partial charge in [0.25, 0.3) is 0 Å². The van der Waals surface area contributed by atoms with Gasteiger partial charge in [-0.25, -0.2) is 0 Å². The second-order valence-electron chi connectivity index (χ2n) is 3.61. The highest BCUT2D eigenvalue weighted by Gasteiger charge is 2.22. The van der Waals surface area contributed by atoms with E-state index in [1.54, 1.807) is 0 Å². The van der Waals surface area contributed by atoms with Crippen molar-refractivity contribution >= 4 is 5.90 Å². The molecule has 0 saturated carbocycles. The second kappa shape index (κ2) is 3.74. The van der Waals surface area contributed by atoms with Crippen LogP contribution >= 0.6 is 0 Å². The quantitative estimate of drug-likeness (QED) is 0.592. The van der Waals surface area contributed by atoms with E-state index in [-0.39, 0.29) is 5.60 Å². The molecule has 1 heterocycles. The molecule has 12 heavy (non-hydrogen) atoms. The lowest BCUT2D eigenvalue weighted by atomic mass is 10.1. The van der Waals surface area contributed by atoms with Crippen LogP contribution in [-0.4, -0.2) is 18.0 Å². The predicted octanol–water partition coefficient (Wildman–Crippen LogP) is 2.55. The maximum absolute atomic E-state index is 5.53. The zero-order valence-electron chi connectivity index (χ0n) is 8.13. The molecule has 0 N–H and O–H groups in total. The molecule has 1 rings (SSSR count). The number of hydrogen-bond acceptors (Lipinski definition) is 2. The molecule has 1 aliphatic heterocycles. The van der Waals surface area contributed by atoms with Gasteiger partial charge < -0.3 is 4.74 Å². The van der Waals surface area contributed by atoms with Crippen molar-refractivity contribution in [2.45, 2.75) is 39.2 Å². The highest BCUT2D eigenvalue weighted by atomic mass is 16.5. The van der Waals surface area contributed by atoms with Crippen LogP contribution < -0.4 is 0 Å². The topological polar surface area (TPSA) is 21.6 Å². The number of hydrogen-bond donors (Lipinski definition) is 0. The number of aliphatic imine (C=N–C) groups is 1. The van der Waals surface area contributed by atoms with Gasteiger partial charge in [-0.15, -0.1) is 0 Å². The first-order valence-electron chi connectivity index (χ1n) is 4.57. The molecule has 0 bridgehead atoms. The molecule has 0 unspecified atom stereocenters. The molecule has 2 nitrogen and oxygen atoms in total. The minimum Gasteiger partial charge on any atom is -0.468 e. The number of nitrogens with zero attached hydrogens (tertiary/aromatic N) is 1. The van der Waals surface area contributed by atoms with Gasteiger partial charge in [0.2, 0.25) is 5.90 Å². The first kappa shape index (κ1) is 9.30. The van der Waals surface area contributed by atoms with Crippen LogP contribution in [-0.2, 0) is 4.74 Å². The lowest BCUT2D eigenvalue weighted by Gasteiger charge is -2.15. The zero-order valence-corrected chi connectivity index (χ0v) is 8.13. The summed E-state index contributed by atoms with van der Waals surface area (Å²) in [6.07, 6.45) is 6.32. The van der Waals surface area contributed by atoms with E-state index in [2.05, 4.69) is 11.9 Å². The summed E-state index contributed by atoms with van der Waals surface area (Å²) in [5.41, 5.74) is -0.148. The van der Waals surface area contributed by atoms with E-state index in [1.807, 2.05) is 26.0 Å². The molecule has 0 saturated heterocycles. The normalized spacial score (nSPS) is 23.1. The molecule has 0 spiro atoms. The van der Waals surface area contributed by atoms with Crippen molar-refractivity contribution in [1.82, 2.24) is 0 Å². The van der Waals surface area contributed by atoms with Crippen molar-refractivity contribution in [3.8, 4) is 0 Å². The molecule has 0 radical (unpaired) electrons. The minimum atomic E-state index is -0.148. The molecule has 0 aromatic heterocycles. The Kier molecular flexibility index (Phi) is 2.90. The lowest BCUT2D eigenvalue weighted by Crippen LogP contribution is -2.18. The summed E-state index contributed by atoms with van der Waals surface area (Å²) < 4.78 is 5.53. The van der Waals surface area contributed by atoms with Crippen molar-refractivity contribution in [3.05, 3.63) is 12.2 Å². The van der Waals surface area contributed by atoms with Crippen LogP contribution in [0.1, 0.15) is 33.6 Å². The van der Waals surface area contributed by atoms with Crippen LogP contribution in [0.5, 0.6) is 0 Å². The van der Waals surface area contributed by atoms with Crippen molar-refractivity contribution in [3.63, 3.8) is 0 Å². The number of rotatable bonds is 3. The molecule has 0 amide bonds. The predicted molar refractivity (Wildman–Crippen MR) is 51.5 cm³/mol. The van der Waals surface area contributed by atoms with Crippen LogP contribution in [0.3, 0.4) is 0 Å². The van der Waals surface area contributed by atoms with Gasteiger partial charge >= 0.3 is 0 Å². The van der Waals surface area contributed by atoms with E-state index in [9.17, 15) is 0 Å². The van der Waals surface area contributed by atoms with Crippen LogP contribution in [0.4, 0.5) is 0 Å². The zero-order chi connectivity index (χ0) is 9.03. The van der Waals surface area contributed by atoms with E-state index in [0.717, 1.165) is 18.9 Å². The highest BCUT2D eigenvalue weighted by molar-refractivity contribution is 5.90. The molecule has 0 atom stereocenters. The van der Waals surface area contributed by atoms with Gasteiger partial charge in [-0.1, -0.05) is 13.3 Å². The molecule has 1 aliphatic rings. The lowest BCUT2D eigenvalue weighted by molar-refractivity contribution is 0.161. The van der Waals surface area contributed by atoms with E-state index < -0.39 is 0 Å². The van der Waals surface area contributed by atoms with Crippen molar-refractivity contribution in [2.24, 2.45) is 4.99 Å². The second-order valence-corrected chi connectivity index (χ2v) is 3.61. The van der Waals surface area contributed by atoms with Crippen LogP contribution in [0.25, 0.3) is 0 Å². The Morgan fingerprint density at radius 3 is 2.75 bits per heavy atom. The summed E-state index contributed by atoms with van der Waals surface area (Å²) >= 11 is 0. The smallest absolute Gasteiger partial charge is 0.209 e. The maximum Gasteiger partial charge on any atom is 0.209 e. The van der Waals surface area contributed by atoms with Gasteiger partial charge in [0.1, 0.15) is 5.60 Å². The summed E-state index contributed by atoms with van der Waals surface area (Å²) in [4.78, 5) is 4.32. The maximum atomic E-state index is 5.53. The van der Waals surface area contributed by atoms with Gasteiger partial charge in [0.15, 0.2) is 0 Å². The standard InChI is InChI=1S/C10H17NO/c1-4-5-8-11-9-6-7-10(2,3)12-9/h6-7H,4-5,8H2,1-3H3. The Labute approximate surface area is 74.3 Å². The molecule has 0 aromatic carbocycles. The van der Waals surface area contributed by atoms with Crippen molar-refractivity contribution in [2.75, 3.05) is 6.54 Å². The van der Waals surface area contributed by atoms with Gasteiger partial charge in [-0.05, 0) is 32.4 Å². The molecular formula is C10H17NO. The first-order valence-corrected chi connectivity index (χ1v) is 4.57. The van der Waals surface area contributed by atoms with Gasteiger partial charge in [0.05, 0.1) is 0 Å². The fourth-order valence-electron chi connectivity index (χ4n) is 1.04. The summed E-state index contributed by atoms with van der Waals surface area (Å²) in [6.45, 7) is 7.11. The third kappa shape index (κ3) is 2.68. The van der Waals surface area contributed by atoms with Gasteiger partial charge in [-0.2, -0.15) is 0 Å². The molecule has 0 fully saturated rings. The highest BCUT2D eigenvalue weighted by Crippen LogP contribution is 2.18. The van der Waals surface area contributed by atoms with Crippen LogP contribution in [0, 0.1) is 0 Å². The van der Waals surface area contributed by atoms with E-state index in [4.69, 9.17) is 4.74 Å². The largest absolute Gasteiger partial charge is 0.468 e. The average molecular weight is 167 g/mol. The van der Waals surface area contributed by atoms with E-state index in [1.165, 1.54) is 6.42 Å². The Balaban J connectivity index is 2.37. The average Bonchev–Trinajstić information content (AvgIpc) is 2.31. The number of unbranched alkanes of at least 4 members (excludes halogenated alkanes) is 1. The SMILES string of the molecule is CCCCN=C1C=CC(C)(C)O1. The molecule has 2 heteroatoms. The Bertz CT molecular complexity index is 204. The van der Waals surface area contributed by atoms with Gasteiger partial charge in [0, 0.05) is 6.54 Å². The molecule has 68 valence electrons. The summed E-state index contributed by atoms with van der Waals surface area (Å²) in [7, 11) is 0. The monoisotopic (exact) mass is 167 g/mol. The van der Waals surface area contributed by atoms with E-state index >= 15 is 0 Å². The van der Waals surface area contributed by atoms with Gasteiger partial charge in [-0.3, -0.25) is 4.99 Å². The third-order valence-corrected chi connectivity index (χ3v) is 1.77. The number of ether oxygens (including phenoxy) is 1. The Hall–Kier alpha value is -0.790. The van der Waals surface area contributed by atoms with Crippen LogP contribution in [0.15, 0.2) is 17.1 Å². The van der Waals surface area contributed by atoms with E-state index in [0.29, 0.717) is 0 Å². The Morgan fingerprint density at radius 2 is 2.25 bits per heavy atom. The molecular weight excluding hydrogens is 150 g/mol. The summed E-state index contributed by atoms with van der Waals surface area (Å²) in [5.74, 6) is 0.786. The fraction of sp³-hybridized carbons (Fsp3) is 0.700. The molecule has 0 aliphatic carbocycles.